The number of hydrogen-bond donors (Lipinski definition) is 2. The molecule has 0 spiro atoms. The molecule has 0 fully saturated rings. The molecule has 0 radical (unpaired) electrons. The van der Waals surface area contributed by atoms with E-state index in [0.717, 1.165) is 16.7 Å². The van der Waals surface area contributed by atoms with E-state index >= 15 is 0 Å². The fourth-order valence-electron chi connectivity index (χ4n) is 2.94. The number of esters is 1. The molecule has 0 saturated heterocycles. The summed E-state index contributed by atoms with van der Waals surface area (Å²) < 4.78 is 32.3. The summed E-state index contributed by atoms with van der Waals surface area (Å²) in [6.45, 7) is 5.43. The molecule has 2 rings (SSSR count). The van der Waals surface area contributed by atoms with E-state index < -0.39 is 22.0 Å². The number of hydrogen-bond acceptors (Lipinski definition) is 5. The van der Waals surface area contributed by atoms with Crippen molar-refractivity contribution >= 4 is 21.9 Å². The highest BCUT2D eigenvalue weighted by Gasteiger charge is 2.20. The van der Waals surface area contributed by atoms with Crippen molar-refractivity contribution in [2.24, 2.45) is 0 Å². The fraction of sp³-hybridized carbons (Fsp3) is 0.364. The topological polar surface area (TPSA) is 102 Å². The molecule has 0 heterocycles. The summed E-state index contributed by atoms with van der Waals surface area (Å²) in [5.74, 6) is -0.815. The van der Waals surface area contributed by atoms with Crippen molar-refractivity contribution in [1.29, 1.82) is 0 Å². The first-order valence-electron chi connectivity index (χ1n) is 9.62. The Kier molecular flexibility index (Phi) is 8.14. The number of methoxy groups -OCH3 is 1. The Labute approximate surface area is 177 Å². The second-order valence-corrected chi connectivity index (χ2v) is 8.96. The van der Waals surface area contributed by atoms with Crippen molar-refractivity contribution in [1.82, 2.24) is 10.0 Å². The monoisotopic (exact) mass is 432 g/mol. The summed E-state index contributed by atoms with van der Waals surface area (Å²) in [7, 11) is -2.43. The minimum atomic E-state index is -3.72. The van der Waals surface area contributed by atoms with Crippen LogP contribution in [0.15, 0.2) is 47.4 Å². The molecule has 2 aromatic carbocycles. The molecular weight excluding hydrogens is 404 g/mol. The third-order valence-corrected chi connectivity index (χ3v) is 6.29. The van der Waals surface area contributed by atoms with Gasteiger partial charge in [-0.3, -0.25) is 9.59 Å². The lowest BCUT2D eigenvalue weighted by molar-refractivity contribution is -0.141. The zero-order chi connectivity index (χ0) is 22.3. The van der Waals surface area contributed by atoms with E-state index in [1.165, 1.54) is 7.11 Å². The van der Waals surface area contributed by atoms with Gasteiger partial charge in [0, 0.05) is 13.0 Å². The lowest BCUT2D eigenvalue weighted by Gasteiger charge is -2.18. The molecule has 8 heteroatoms. The Morgan fingerprint density at radius 2 is 1.63 bits per heavy atom. The molecule has 1 atom stereocenters. The number of carbonyl (C=O) groups is 2. The van der Waals surface area contributed by atoms with Gasteiger partial charge in [-0.15, -0.1) is 0 Å². The SMILES string of the molecule is COC(=O)CC(NC(=O)CCNS(=O)(=O)c1cc(C)ccc1C)c1ccc(C)cc1. The Morgan fingerprint density at radius 1 is 1.00 bits per heavy atom. The van der Waals surface area contributed by atoms with Crippen molar-refractivity contribution in [3.63, 3.8) is 0 Å². The van der Waals surface area contributed by atoms with Gasteiger partial charge in [0.15, 0.2) is 0 Å². The van der Waals surface area contributed by atoms with Crippen LogP contribution in [0.3, 0.4) is 0 Å². The van der Waals surface area contributed by atoms with Crippen molar-refractivity contribution in [3.8, 4) is 0 Å². The molecule has 1 amide bonds. The van der Waals surface area contributed by atoms with Crippen LogP contribution in [0.5, 0.6) is 0 Å². The maximum Gasteiger partial charge on any atom is 0.307 e. The van der Waals surface area contributed by atoms with E-state index in [2.05, 4.69) is 10.0 Å². The minimum Gasteiger partial charge on any atom is -0.469 e. The highest BCUT2D eigenvalue weighted by molar-refractivity contribution is 7.89. The minimum absolute atomic E-state index is 0.0144. The van der Waals surface area contributed by atoms with Crippen LogP contribution in [0.1, 0.15) is 41.1 Å². The summed E-state index contributed by atoms with van der Waals surface area (Å²) in [5, 5.41) is 2.79. The number of rotatable bonds is 9. The van der Waals surface area contributed by atoms with Crippen LogP contribution in [-0.4, -0.2) is 33.9 Å². The average molecular weight is 433 g/mol. The lowest BCUT2D eigenvalue weighted by atomic mass is 10.0. The van der Waals surface area contributed by atoms with Crippen LogP contribution in [-0.2, 0) is 24.3 Å². The maximum atomic E-state index is 12.5. The Balaban J connectivity index is 2.00. The molecule has 7 nitrogen and oxygen atoms in total. The molecule has 0 aliphatic carbocycles. The van der Waals surface area contributed by atoms with Gasteiger partial charge in [-0.05, 0) is 43.5 Å². The number of carbonyl (C=O) groups excluding carboxylic acids is 2. The number of ether oxygens (including phenoxy) is 1. The second kappa shape index (κ2) is 10.4. The fourth-order valence-corrected chi connectivity index (χ4v) is 4.30. The lowest BCUT2D eigenvalue weighted by Crippen LogP contribution is -2.34. The maximum absolute atomic E-state index is 12.5. The van der Waals surface area contributed by atoms with Crippen LogP contribution in [0.2, 0.25) is 0 Å². The summed E-state index contributed by atoms with van der Waals surface area (Å²) >= 11 is 0. The van der Waals surface area contributed by atoms with Gasteiger partial charge in [-0.2, -0.15) is 0 Å². The predicted molar refractivity (Wildman–Crippen MR) is 114 cm³/mol. The third-order valence-electron chi connectivity index (χ3n) is 4.69. The van der Waals surface area contributed by atoms with Crippen LogP contribution in [0.25, 0.3) is 0 Å². The Hall–Kier alpha value is -2.71. The van der Waals surface area contributed by atoms with Crippen molar-refractivity contribution in [3.05, 3.63) is 64.7 Å². The molecule has 2 N–H and O–H groups in total. The number of aryl methyl sites for hydroxylation is 3. The van der Waals surface area contributed by atoms with Gasteiger partial charge >= 0.3 is 5.97 Å². The Bertz CT molecular complexity index is 1000. The summed E-state index contributed by atoms with van der Waals surface area (Å²) in [6.07, 6.45) is -0.0762. The molecule has 0 aliphatic heterocycles. The molecule has 0 bridgehead atoms. The van der Waals surface area contributed by atoms with Gasteiger partial charge < -0.3 is 10.1 Å². The number of sulfonamides is 1. The first kappa shape index (κ1) is 23.6. The zero-order valence-corrected chi connectivity index (χ0v) is 18.5. The molecular formula is C22H28N2O5S. The number of nitrogens with one attached hydrogen (secondary N) is 2. The van der Waals surface area contributed by atoms with E-state index in [-0.39, 0.29) is 30.2 Å². The molecule has 0 aliphatic rings. The van der Waals surface area contributed by atoms with Gasteiger partial charge in [0.25, 0.3) is 0 Å². The largest absolute Gasteiger partial charge is 0.469 e. The van der Waals surface area contributed by atoms with Crippen LogP contribution >= 0.6 is 0 Å². The van der Waals surface area contributed by atoms with Gasteiger partial charge in [0.1, 0.15) is 0 Å². The normalized spacial score (nSPS) is 12.3. The zero-order valence-electron chi connectivity index (χ0n) is 17.7. The third kappa shape index (κ3) is 6.67. The summed E-state index contributed by atoms with van der Waals surface area (Å²) in [4.78, 5) is 24.3. The molecule has 2 aromatic rings. The molecule has 0 saturated carbocycles. The Morgan fingerprint density at radius 3 is 2.27 bits per heavy atom. The van der Waals surface area contributed by atoms with Crippen LogP contribution in [0.4, 0.5) is 0 Å². The van der Waals surface area contributed by atoms with Crippen molar-refractivity contribution in [2.45, 2.75) is 44.6 Å². The van der Waals surface area contributed by atoms with Gasteiger partial charge in [0.05, 0.1) is 24.5 Å². The van der Waals surface area contributed by atoms with Crippen LogP contribution < -0.4 is 10.0 Å². The average Bonchev–Trinajstić information content (AvgIpc) is 2.69. The van der Waals surface area contributed by atoms with Crippen LogP contribution in [0, 0.1) is 20.8 Å². The van der Waals surface area contributed by atoms with Crippen molar-refractivity contribution < 1.29 is 22.7 Å². The van der Waals surface area contributed by atoms with Crippen molar-refractivity contribution in [2.75, 3.05) is 13.7 Å². The highest BCUT2D eigenvalue weighted by Crippen LogP contribution is 2.19. The summed E-state index contributed by atoms with van der Waals surface area (Å²) in [5.41, 5.74) is 3.30. The van der Waals surface area contributed by atoms with Gasteiger partial charge in [0.2, 0.25) is 15.9 Å². The van der Waals surface area contributed by atoms with Gasteiger partial charge in [-0.25, -0.2) is 13.1 Å². The van der Waals surface area contributed by atoms with E-state index in [0.29, 0.717) is 5.56 Å². The molecule has 30 heavy (non-hydrogen) atoms. The summed E-state index contributed by atoms with van der Waals surface area (Å²) in [6, 6.07) is 12.1. The second-order valence-electron chi connectivity index (χ2n) is 7.23. The standard InChI is InChI=1S/C22H28N2O5S/c1-15-6-9-18(10-7-15)19(14-22(26)29-4)24-21(25)11-12-23-30(27,28)20-13-16(2)5-8-17(20)3/h5-10,13,19,23H,11-12,14H2,1-4H3,(H,24,25). The molecule has 1 unspecified atom stereocenters. The smallest absolute Gasteiger partial charge is 0.307 e. The number of benzene rings is 2. The van der Waals surface area contributed by atoms with E-state index in [4.69, 9.17) is 4.74 Å². The predicted octanol–water partition coefficient (Wildman–Crippen LogP) is 2.70. The van der Waals surface area contributed by atoms with E-state index in [9.17, 15) is 18.0 Å². The van der Waals surface area contributed by atoms with E-state index in [1.807, 2.05) is 44.2 Å². The first-order valence-corrected chi connectivity index (χ1v) is 11.1. The highest BCUT2D eigenvalue weighted by atomic mass is 32.2. The quantitative estimate of drug-likeness (QED) is 0.593. The number of amides is 1. The van der Waals surface area contributed by atoms with E-state index in [1.54, 1.807) is 19.1 Å². The molecule has 0 aromatic heterocycles. The molecule has 162 valence electrons. The first-order chi connectivity index (χ1) is 14.1. The van der Waals surface area contributed by atoms with Gasteiger partial charge in [-0.1, -0.05) is 42.0 Å².